The smallest absolute Gasteiger partial charge is 0.270 e. The summed E-state index contributed by atoms with van der Waals surface area (Å²) in [7, 11) is 0. The number of benzene rings is 1. The molecule has 2 aromatic rings. The highest BCUT2D eigenvalue weighted by atomic mass is 19.2. The molecule has 1 heterocycles. The molecule has 0 bridgehead atoms. The Morgan fingerprint density at radius 3 is 2.71 bits per heavy atom. The van der Waals surface area contributed by atoms with E-state index in [-0.39, 0.29) is 23.6 Å². The minimum atomic E-state index is -0.970. The molecule has 1 aromatic carbocycles. The Hall–Kier alpha value is -2.57. The molecule has 2 N–H and O–H groups in total. The molecule has 3 rings (SSSR count). The van der Waals surface area contributed by atoms with Crippen molar-refractivity contribution in [2.75, 3.05) is 5.32 Å². The van der Waals surface area contributed by atoms with Crippen molar-refractivity contribution in [1.29, 1.82) is 0 Å². The van der Waals surface area contributed by atoms with Crippen molar-refractivity contribution in [1.82, 2.24) is 15.3 Å². The van der Waals surface area contributed by atoms with Gasteiger partial charge in [0.05, 0.1) is 0 Å². The number of nitrogens with zero attached hydrogens (tertiary/aromatic N) is 2. The average Bonchev–Trinajstić information content (AvgIpc) is 3.27. The Balaban J connectivity index is 1.75. The summed E-state index contributed by atoms with van der Waals surface area (Å²) in [6.07, 6.45) is 3.39. The lowest BCUT2D eigenvalue weighted by atomic mass is 10.3. The topological polar surface area (TPSA) is 66.9 Å². The molecule has 0 saturated heterocycles. The van der Waals surface area contributed by atoms with Crippen LogP contribution in [0.1, 0.15) is 23.3 Å². The second-order valence-corrected chi connectivity index (χ2v) is 4.77. The number of hydrogen-bond acceptors (Lipinski definition) is 4. The number of carbonyl (C=O) groups is 1. The molecular weight excluding hydrogens is 278 g/mol. The number of amides is 1. The van der Waals surface area contributed by atoms with Gasteiger partial charge >= 0.3 is 0 Å². The molecule has 1 aliphatic rings. The fourth-order valence-corrected chi connectivity index (χ4v) is 1.74. The van der Waals surface area contributed by atoms with Gasteiger partial charge in [-0.2, -0.15) is 0 Å². The van der Waals surface area contributed by atoms with Crippen LogP contribution in [-0.2, 0) is 0 Å². The zero-order valence-corrected chi connectivity index (χ0v) is 10.9. The van der Waals surface area contributed by atoms with Gasteiger partial charge in [-0.15, -0.1) is 0 Å². The van der Waals surface area contributed by atoms with Crippen LogP contribution in [0.25, 0.3) is 0 Å². The summed E-state index contributed by atoms with van der Waals surface area (Å²) in [6.45, 7) is 0. The molecule has 0 aliphatic heterocycles. The van der Waals surface area contributed by atoms with E-state index in [1.54, 1.807) is 0 Å². The molecule has 0 unspecified atom stereocenters. The second kappa shape index (κ2) is 5.43. The number of rotatable bonds is 4. The molecule has 0 radical (unpaired) electrons. The normalized spacial score (nSPS) is 13.8. The highest BCUT2D eigenvalue weighted by Gasteiger charge is 2.24. The maximum absolute atomic E-state index is 13.1. The van der Waals surface area contributed by atoms with Crippen molar-refractivity contribution >= 4 is 17.5 Å². The highest BCUT2D eigenvalue weighted by molar-refractivity contribution is 5.92. The molecule has 5 nitrogen and oxygen atoms in total. The molecule has 1 fully saturated rings. The van der Waals surface area contributed by atoms with E-state index in [0.717, 1.165) is 25.0 Å². The second-order valence-electron chi connectivity index (χ2n) is 4.77. The summed E-state index contributed by atoms with van der Waals surface area (Å²) in [5.74, 6) is -2.03. The van der Waals surface area contributed by atoms with Crippen LogP contribution >= 0.6 is 0 Å². The average molecular weight is 290 g/mol. The van der Waals surface area contributed by atoms with E-state index >= 15 is 0 Å². The predicted molar refractivity (Wildman–Crippen MR) is 72.2 cm³/mol. The summed E-state index contributed by atoms with van der Waals surface area (Å²) >= 11 is 0. The lowest BCUT2D eigenvalue weighted by molar-refractivity contribution is 0.0946. The van der Waals surface area contributed by atoms with E-state index in [1.165, 1.54) is 18.3 Å². The van der Waals surface area contributed by atoms with E-state index in [2.05, 4.69) is 20.6 Å². The Bertz CT molecular complexity index is 688. The number of carbonyl (C=O) groups excluding carboxylic acids is 1. The van der Waals surface area contributed by atoms with Gasteiger partial charge in [-0.1, -0.05) is 0 Å². The highest BCUT2D eigenvalue weighted by Crippen LogP contribution is 2.19. The Labute approximate surface area is 119 Å². The van der Waals surface area contributed by atoms with Gasteiger partial charge in [-0.3, -0.25) is 4.79 Å². The molecule has 7 heteroatoms. The molecule has 21 heavy (non-hydrogen) atoms. The van der Waals surface area contributed by atoms with Crippen LogP contribution in [0.4, 0.5) is 20.4 Å². The number of halogens is 2. The molecule has 1 aromatic heterocycles. The van der Waals surface area contributed by atoms with Crippen molar-refractivity contribution in [3.63, 3.8) is 0 Å². The third kappa shape index (κ3) is 3.31. The first-order valence-corrected chi connectivity index (χ1v) is 6.48. The van der Waals surface area contributed by atoms with Crippen LogP contribution in [0.2, 0.25) is 0 Å². The van der Waals surface area contributed by atoms with E-state index in [1.807, 2.05) is 0 Å². The zero-order chi connectivity index (χ0) is 14.8. The van der Waals surface area contributed by atoms with Crippen LogP contribution in [0.3, 0.4) is 0 Å². The van der Waals surface area contributed by atoms with Crippen molar-refractivity contribution in [2.45, 2.75) is 18.9 Å². The van der Waals surface area contributed by atoms with Gasteiger partial charge in [-0.05, 0) is 31.0 Å². The Kier molecular flexibility index (Phi) is 3.47. The first kappa shape index (κ1) is 13.4. The predicted octanol–water partition coefficient (Wildman–Crippen LogP) is 2.39. The van der Waals surface area contributed by atoms with Crippen molar-refractivity contribution in [3.05, 3.63) is 47.8 Å². The summed E-state index contributed by atoms with van der Waals surface area (Å²) in [4.78, 5) is 19.9. The van der Waals surface area contributed by atoms with Crippen molar-refractivity contribution in [2.24, 2.45) is 0 Å². The molecule has 108 valence electrons. The first-order chi connectivity index (χ1) is 10.1. The van der Waals surface area contributed by atoms with Gasteiger partial charge in [0, 0.05) is 24.0 Å². The SMILES string of the molecule is O=C(NC1CC1)c1ccnc(Nc2ccc(F)c(F)c2)n1. The minimum absolute atomic E-state index is 0.143. The zero-order valence-electron chi connectivity index (χ0n) is 10.9. The Morgan fingerprint density at radius 2 is 2.00 bits per heavy atom. The lowest BCUT2D eigenvalue weighted by Crippen LogP contribution is -2.26. The lowest BCUT2D eigenvalue weighted by Gasteiger charge is -2.07. The third-order valence-corrected chi connectivity index (χ3v) is 2.98. The molecule has 0 atom stereocenters. The number of aromatic nitrogens is 2. The van der Waals surface area contributed by atoms with Gasteiger partial charge in [0.25, 0.3) is 5.91 Å². The fourth-order valence-electron chi connectivity index (χ4n) is 1.74. The maximum atomic E-state index is 13.1. The monoisotopic (exact) mass is 290 g/mol. The molecule has 1 amide bonds. The van der Waals surface area contributed by atoms with Gasteiger partial charge in [-0.25, -0.2) is 18.7 Å². The van der Waals surface area contributed by atoms with Crippen LogP contribution in [-0.4, -0.2) is 21.9 Å². The Morgan fingerprint density at radius 1 is 1.19 bits per heavy atom. The van der Waals surface area contributed by atoms with Crippen LogP contribution in [0.15, 0.2) is 30.5 Å². The van der Waals surface area contributed by atoms with Gasteiger partial charge in [0.2, 0.25) is 5.95 Å². The van der Waals surface area contributed by atoms with Crippen molar-refractivity contribution in [3.8, 4) is 0 Å². The number of anilines is 2. The summed E-state index contributed by atoms with van der Waals surface area (Å²) in [6, 6.07) is 5.08. The van der Waals surface area contributed by atoms with E-state index in [0.29, 0.717) is 5.69 Å². The summed E-state index contributed by atoms with van der Waals surface area (Å²) < 4.78 is 26.0. The number of hydrogen-bond donors (Lipinski definition) is 2. The van der Waals surface area contributed by atoms with Crippen molar-refractivity contribution < 1.29 is 13.6 Å². The third-order valence-electron chi connectivity index (χ3n) is 2.98. The molecular formula is C14H12F2N4O. The van der Waals surface area contributed by atoms with E-state index < -0.39 is 11.6 Å². The quantitative estimate of drug-likeness (QED) is 0.907. The number of nitrogens with one attached hydrogen (secondary N) is 2. The summed E-state index contributed by atoms with van der Waals surface area (Å²) in [5, 5.41) is 5.54. The molecule has 1 saturated carbocycles. The van der Waals surface area contributed by atoms with Crippen LogP contribution in [0, 0.1) is 11.6 Å². The van der Waals surface area contributed by atoms with Gasteiger partial charge in [0.1, 0.15) is 5.69 Å². The van der Waals surface area contributed by atoms with Gasteiger partial charge in [0.15, 0.2) is 11.6 Å². The largest absolute Gasteiger partial charge is 0.348 e. The van der Waals surface area contributed by atoms with E-state index in [4.69, 9.17) is 0 Å². The van der Waals surface area contributed by atoms with Gasteiger partial charge < -0.3 is 10.6 Å². The minimum Gasteiger partial charge on any atom is -0.348 e. The van der Waals surface area contributed by atoms with Crippen LogP contribution in [0.5, 0.6) is 0 Å². The standard InChI is InChI=1S/C14H12F2N4O/c15-10-4-3-9(7-11(10)16)19-14-17-6-5-12(20-14)13(21)18-8-1-2-8/h3-8H,1-2H2,(H,18,21)(H,17,19,20). The maximum Gasteiger partial charge on any atom is 0.270 e. The van der Waals surface area contributed by atoms with Crippen LogP contribution < -0.4 is 10.6 Å². The fraction of sp³-hybridized carbons (Fsp3) is 0.214. The molecule has 1 aliphatic carbocycles. The molecule has 0 spiro atoms. The summed E-state index contributed by atoms with van der Waals surface area (Å²) in [5.41, 5.74) is 0.524. The first-order valence-electron chi connectivity index (χ1n) is 6.48. The van der Waals surface area contributed by atoms with E-state index in [9.17, 15) is 13.6 Å².